The minimum Gasteiger partial charge on any atom is -0.481 e. The third-order valence-corrected chi connectivity index (χ3v) is 6.49. The predicted octanol–water partition coefficient (Wildman–Crippen LogP) is 4.97. The monoisotopic (exact) mass is 475 g/mol. The lowest BCUT2D eigenvalue weighted by molar-refractivity contribution is -0.128. The molecule has 0 fully saturated rings. The van der Waals surface area contributed by atoms with Gasteiger partial charge in [0.15, 0.2) is 6.10 Å². The zero-order chi connectivity index (χ0) is 24.1. The Bertz CT molecular complexity index is 1320. The Morgan fingerprint density at radius 1 is 1.00 bits per heavy atom. The van der Waals surface area contributed by atoms with Crippen LogP contribution in [0.1, 0.15) is 34.3 Å². The number of rotatable bonds is 7. The molecule has 0 bridgehead atoms. The van der Waals surface area contributed by atoms with Gasteiger partial charge in [-0.2, -0.15) is 0 Å². The number of hydrogen-bond acceptors (Lipinski definition) is 6. The van der Waals surface area contributed by atoms with E-state index in [1.165, 1.54) is 11.8 Å². The van der Waals surface area contributed by atoms with E-state index >= 15 is 0 Å². The Balaban J connectivity index is 1.35. The molecule has 1 aromatic heterocycles. The predicted molar refractivity (Wildman–Crippen MR) is 132 cm³/mol. The molecule has 1 unspecified atom stereocenters. The fourth-order valence-electron chi connectivity index (χ4n) is 3.42. The molecule has 4 rings (SSSR count). The highest BCUT2D eigenvalue weighted by atomic mass is 32.2. The van der Waals surface area contributed by atoms with E-state index in [2.05, 4.69) is 16.0 Å². The Hall–Kier alpha value is -3.78. The normalized spacial score (nSPS) is 11.7. The van der Waals surface area contributed by atoms with E-state index in [1.54, 1.807) is 19.1 Å². The van der Waals surface area contributed by atoms with Crippen LogP contribution in [0.4, 0.5) is 0 Å². The van der Waals surface area contributed by atoms with E-state index in [9.17, 15) is 9.59 Å². The Labute approximate surface area is 201 Å². The highest BCUT2D eigenvalue weighted by Gasteiger charge is 2.18. The van der Waals surface area contributed by atoms with E-state index in [-0.39, 0.29) is 0 Å². The van der Waals surface area contributed by atoms with Crippen molar-refractivity contribution in [2.24, 2.45) is 0 Å². The van der Waals surface area contributed by atoms with Crippen LogP contribution in [0.25, 0.3) is 10.8 Å². The highest BCUT2D eigenvalue weighted by Crippen LogP contribution is 2.28. The van der Waals surface area contributed by atoms with Gasteiger partial charge in [-0.1, -0.05) is 47.6 Å². The molecule has 0 aliphatic carbocycles. The van der Waals surface area contributed by atoms with Gasteiger partial charge < -0.3 is 9.26 Å². The second-order valence-corrected chi connectivity index (χ2v) is 8.82. The molecule has 2 amide bonds. The molecular weight excluding hydrogens is 450 g/mol. The highest BCUT2D eigenvalue weighted by molar-refractivity contribution is 7.98. The van der Waals surface area contributed by atoms with Crippen LogP contribution in [0.2, 0.25) is 0 Å². The summed E-state index contributed by atoms with van der Waals surface area (Å²) in [5.41, 5.74) is 7.25. The van der Waals surface area contributed by atoms with Crippen LogP contribution < -0.4 is 15.6 Å². The zero-order valence-corrected chi connectivity index (χ0v) is 19.9. The molecule has 7 nitrogen and oxygen atoms in total. The van der Waals surface area contributed by atoms with Gasteiger partial charge >= 0.3 is 0 Å². The number of fused-ring (bicyclic) bond motifs is 1. The molecule has 0 saturated heterocycles. The second kappa shape index (κ2) is 10.4. The van der Waals surface area contributed by atoms with E-state index in [0.29, 0.717) is 17.1 Å². The van der Waals surface area contributed by atoms with Crippen LogP contribution in [0.15, 0.2) is 76.1 Å². The second-order valence-electron chi connectivity index (χ2n) is 7.80. The summed E-state index contributed by atoms with van der Waals surface area (Å²) in [6.45, 7) is 5.39. The summed E-state index contributed by atoms with van der Waals surface area (Å²) in [5, 5.41) is 6.08. The average Bonchev–Trinajstić information content (AvgIpc) is 3.17. The van der Waals surface area contributed by atoms with Crippen molar-refractivity contribution in [1.29, 1.82) is 0 Å². The van der Waals surface area contributed by atoms with Crippen molar-refractivity contribution in [3.05, 3.63) is 89.3 Å². The number of carbonyl (C=O) groups is 2. The summed E-state index contributed by atoms with van der Waals surface area (Å²) in [4.78, 5) is 26.1. The average molecular weight is 476 g/mol. The minimum atomic E-state index is -0.800. The van der Waals surface area contributed by atoms with Crippen molar-refractivity contribution < 1.29 is 18.8 Å². The molecule has 0 aliphatic heterocycles. The van der Waals surface area contributed by atoms with Gasteiger partial charge in [0.1, 0.15) is 11.5 Å². The number of ether oxygens (including phenoxy) is 1. The number of aromatic nitrogens is 1. The SMILES string of the molecule is Cc1noc(C)c1CSc1ccccc1C(=O)NNC(=O)C(C)Oc1ccc2ccccc2c1. The van der Waals surface area contributed by atoms with Crippen LogP contribution in [0.5, 0.6) is 5.75 Å². The van der Waals surface area contributed by atoms with Gasteiger partial charge in [-0.15, -0.1) is 11.8 Å². The number of nitrogens with one attached hydrogen (secondary N) is 2. The van der Waals surface area contributed by atoms with Gasteiger partial charge in [0, 0.05) is 16.2 Å². The van der Waals surface area contributed by atoms with Gasteiger partial charge in [-0.25, -0.2) is 0 Å². The van der Waals surface area contributed by atoms with Crippen LogP contribution in [0, 0.1) is 13.8 Å². The van der Waals surface area contributed by atoms with E-state index < -0.39 is 17.9 Å². The van der Waals surface area contributed by atoms with Gasteiger partial charge in [-0.3, -0.25) is 20.4 Å². The van der Waals surface area contributed by atoms with Gasteiger partial charge in [-0.05, 0) is 55.8 Å². The number of hydrogen-bond donors (Lipinski definition) is 2. The summed E-state index contributed by atoms with van der Waals surface area (Å²) in [5.74, 6) is 1.10. The molecule has 3 aromatic carbocycles. The van der Waals surface area contributed by atoms with Gasteiger partial charge in [0.25, 0.3) is 11.8 Å². The Morgan fingerprint density at radius 2 is 1.74 bits per heavy atom. The molecular formula is C26H25N3O4S. The summed E-state index contributed by atoms with van der Waals surface area (Å²) < 4.78 is 11.0. The van der Waals surface area contributed by atoms with Crippen LogP contribution >= 0.6 is 11.8 Å². The first-order valence-corrected chi connectivity index (χ1v) is 11.8. The van der Waals surface area contributed by atoms with Crippen molar-refractivity contribution in [1.82, 2.24) is 16.0 Å². The maximum atomic E-state index is 12.8. The Morgan fingerprint density at radius 3 is 2.50 bits per heavy atom. The smallest absolute Gasteiger partial charge is 0.279 e. The van der Waals surface area contributed by atoms with E-state index in [4.69, 9.17) is 9.26 Å². The first-order valence-electron chi connectivity index (χ1n) is 10.8. The third-order valence-electron chi connectivity index (χ3n) is 5.39. The summed E-state index contributed by atoms with van der Waals surface area (Å²) in [6, 6.07) is 20.8. The maximum Gasteiger partial charge on any atom is 0.279 e. The zero-order valence-electron chi connectivity index (χ0n) is 19.1. The van der Waals surface area contributed by atoms with E-state index in [0.717, 1.165) is 32.7 Å². The van der Waals surface area contributed by atoms with Crippen molar-refractivity contribution >= 4 is 34.3 Å². The first kappa shape index (κ1) is 23.4. The number of nitrogens with zero attached hydrogens (tertiary/aromatic N) is 1. The molecule has 0 saturated carbocycles. The summed E-state index contributed by atoms with van der Waals surface area (Å²) in [6.07, 6.45) is -0.800. The van der Waals surface area contributed by atoms with Gasteiger partial charge in [0.2, 0.25) is 0 Å². The van der Waals surface area contributed by atoms with Crippen LogP contribution in [-0.4, -0.2) is 23.1 Å². The van der Waals surface area contributed by atoms with Crippen LogP contribution in [-0.2, 0) is 10.5 Å². The fourth-order valence-corrected chi connectivity index (χ4v) is 4.63. The topological polar surface area (TPSA) is 93.5 Å². The molecule has 2 N–H and O–H groups in total. The third kappa shape index (κ3) is 5.40. The summed E-state index contributed by atoms with van der Waals surface area (Å²) >= 11 is 1.51. The maximum absolute atomic E-state index is 12.8. The van der Waals surface area contributed by atoms with Gasteiger partial charge in [0.05, 0.1) is 11.3 Å². The fraction of sp³-hybridized carbons (Fsp3) is 0.192. The number of aryl methyl sites for hydroxylation is 2. The number of benzene rings is 3. The Kier molecular flexibility index (Phi) is 7.18. The number of thioether (sulfide) groups is 1. The van der Waals surface area contributed by atoms with Crippen molar-refractivity contribution in [3.8, 4) is 5.75 Å². The number of amides is 2. The quantitative estimate of drug-likeness (QED) is 0.290. The molecule has 1 heterocycles. The molecule has 0 radical (unpaired) electrons. The molecule has 1 atom stereocenters. The lowest BCUT2D eigenvalue weighted by Gasteiger charge is -2.16. The van der Waals surface area contributed by atoms with E-state index in [1.807, 2.05) is 68.4 Å². The summed E-state index contributed by atoms with van der Waals surface area (Å²) in [7, 11) is 0. The lowest BCUT2D eigenvalue weighted by Crippen LogP contribution is -2.47. The number of carbonyl (C=O) groups excluding carboxylic acids is 2. The van der Waals surface area contributed by atoms with Crippen molar-refractivity contribution in [2.45, 2.75) is 37.5 Å². The molecule has 174 valence electrons. The molecule has 34 heavy (non-hydrogen) atoms. The van der Waals surface area contributed by atoms with Crippen molar-refractivity contribution in [2.75, 3.05) is 0 Å². The molecule has 0 spiro atoms. The number of hydrazine groups is 1. The molecule has 4 aromatic rings. The lowest BCUT2D eigenvalue weighted by atomic mass is 10.1. The van der Waals surface area contributed by atoms with Crippen LogP contribution in [0.3, 0.4) is 0 Å². The largest absolute Gasteiger partial charge is 0.481 e. The minimum absolute atomic E-state index is 0.409. The molecule has 0 aliphatic rings. The van der Waals surface area contributed by atoms with Crippen molar-refractivity contribution in [3.63, 3.8) is 0 Å². The first-order chi connectivity index (χ1) is 16.4. The standard InChI is InChI=1S/C26H25N3O4S/c1-16-23(17(2)33-29-16)15-34-24-11-7-6-10-22(24)26(31)28-27-25(30)18(3)32-21-13-12-19-8-4-5-9-20(19)14-21/h4-14,18H,15H2,1-3H3,(H,27,30)(H,28,31). The molecule has 8 heteroatoms.